The minimum atomic E-state index is -0.115. The van der Waals surface area contributed by atoms with Crippen molar-refractivity contribution in [3.8, 4) is 11.8 Å². The lowest BCUT2D eigenvalue weighted by molar-refractivity contribution is 0.0728. The van der Waals surface area contributed by atoms with Gasteiger partial charge in [-0.3, -0.25) is 14.5 Å². The number of hydrogen-bond donors (Lipinski definition) is 1. The number of aryl methyl sites for hydroxylation is 1. The smallest absolute Gasteiger partial charge is 0.255 e. The van der Waals surface area contributed by atoms with Crippen LogP contribution in [0, 0.1) is 11.8 Å². The second-order valence-electron chi connectivity index (χ2n) is 9.15. The molecule has 8 nitrogen and oxygen atoms in total. The highest BCUT2D eigenvalue weighted by atomic mass is 35.5. The number of pyridine rings is 2. The zero-order valence-corrected chi connectivity index (χ0v) is 20.4. The highest BCUT2D eigenvalue weighted by molar-refractivity contribution is 6.34. The Balaban J connectivity index is 1.26. The Morgan fingerprint density at radius 3 is 2.72 bits per heavy atom. The first kappa shape index (κ1) is 22.5. The summed E-state index contributed by atoms with van der Waals surface area (Å²) in [4.78, 5) is 24.6. The molecule has 4 heterocycles. The van der Waals surface area contributed by atoms with E-state index in [1.54, 1.807) is 23.1 Å². The van der Waals surface area contributed by atoms with Crippen molar-refractivity contribution in [1.82, 2.24) is 24.6 Å². The number of rotatable bonds is 4. The highest BCUT2D eigenvalue weighted by Crippen LogP contribution is 2.36. The van der Waals surface area contributed by atoms with Crippen LogP contribution in [0.3, 0.4) is 0 Å². The first-order valence-corrected chi connectivity index (χ1v) is 12.1. The van der Waals surface area contributed by atoms with E-state index in [0.29, 0.717) is 41.7 Å². The van der Waals surface area contributed by atoms with Gasteiger partial charge in [-0.2, -0.15) is 5.10 Å². The van der Waals surface area contributed by atoms with Crippen LogP contribution < -0.4 is 5.73 Å². The van der Waals surface area contributed by atoms with Gasteiger partial charge >= 0.3 is 0 Å². The van der Waals surface area contributed by atoms with Gasteiger partial charge in [-0.05, 0) is 42.7 Å². The summed E-state index contributed by atoms with van der Waals surface area (Å²) in [6.45, 7) is 1.27. The van der Waals surface area contributed by atoms with Crippen molar-refractivity contribution in [3.63, 3.8) is 0 Å². The molecule has 0 atom stereocenters. The molecule has 2 N–H and O–H groups in total. The molecule has 1 aliphatic heterocycles. The number of aromatic nitrogens is 4. The van der Waals surface area contributed by atoms with E-state index in [1.165, 1.54) is 0 Å². The highest BCUT2D eigenvalue weighted by Gasteiger charge is 2.34. The molecule has 6 rings (SSSR count). The molecule has 4 aromatic rings. The number of ether oxygens (including phenoxy) is 1. The summed E-state index contributed by atoms with van der Waals surface area (Å²) in [7, 11) is 1.85. The summed E-state index contributed by atoms with van der Waals surface area (Å²) in [5, 5.41) is 5.34. The molecule has 1 amide bonds. The van der Waals surface area contributed by atoms with Crippen LogP contribution in [0.25, 0.3) is 10.9 Å². The second-order valence-corrected chi connectivity index (χ2v) is 9.56. The number of nitrogens with zero attached hydrogens (tertiary/aromatic N) is 5. The van der Waals surface area contributed by atoms with Crippen molar-refractivity contribution in [1.29, 1.82) is 0 Å². The molecule has 0 bridgehead atoms. The van der Waals surface area contributed by atoms with Crippen molar-refractivity contribution < 1.29 is 9.53 Å². The Morgan fingerprint density at radius 1 is 1.19 bits per heavy atom. The molecule has 1 saturated carbocycles. The van der Waals surface area contributed by atoms with Gasteiger partial charge in [0.15, 0.2) is 0 Å². The van der Waals surface area contributed by atoms with Gasteiger partial charge in [0.05, 0.1) is 53.3 Å². The second kappa shape index (κ2) is 8.94. The average molecular weight is 499 g/mol. The molecule has 0 radical (unpaired) electrons. The number of fused-ring (bicyclic) bond motifs is 3. The maximum absolute atomic E-state index is 13.7. The summed E-state index contributed by atoms with van der Waals surface area (Å²) < 4.78 is 7.30. The number of halogens is 1. The minimum absolute atomic E-state index is 0.115. The Kier molecular flexibility index (Phi) is 5.59. The van der Waals surface area contributed by atoms with Crippen LogP contribution in [-0.4, -0.2) is 36.6 Å². The van der Waals surface area contributed by atoms with E-state index in [9.17, 15) is 4.79 Å². The molecule has 180 valence electrons. The van der Waals surface area contributed by atoms with Crippen molar-refractivity contribution >= 4 is 34.2 Å². The third-order valence-electron chi connectivity index (χ3n) is 6.51. The first-order valence-electron chi connectivity index (χ1n) is 11.7. The maximum Gasteiger partial charge on any atom is 0.255 e. The molecule has 1 aromatic carbocycles. The largest absolute Gasteiger partial charge is 0.383 e. The standard InChI is InChI=1S/C27H23ClN6O2/c1-33-12-17(11-31-33)3-2-16-4-5-18(30-10-16)13-34(19-6-7-19)27(35)21-8-20-22-14-36-15-23(22)26(29)32-25(20)9-24(21)28/h4-5,8-12,19H,6-7,13-15H2,1H3,(H2,29,32). The van der Waals surface area contributed by atoms with Gasteiger partial charge in [0, 0.05) is 42.0 Å². The molecular formula is C27H23ClN6O2. The number of nitrogen functional groups attached to an aromatic ring is 1. The molecular weight excluding hydrogens is 476 g/mol. The van der Waals surface area contributed by atoms with Crippen LogP contribution in [0.4, 0.5) is 5.82 Å². The zero-order chi connectivity index (χ0) is 24.8. The van der Waals surface area contributed by atoms with Crippen LogP contribution in [0.2, 0.25) is 5.02 Å². The van der Waals surface area contributed by atoms with Crippen LogP contribution in [0.15, 0.2) is 42.9 Å². The SMILES string of the molecule is Cn1cc(C#Cc2ccc(CN(C(=O)c3cc4c5c(c(N)nc4cc3Cl)COC5)C3CC3)nc2)cn1. The molecule has 1 fully saturated rings. The Hall–Kier alpha value is -3.93. The first-order chi connectivity index (χ1) is 17.5. The fourth-order valence-corrected chi connectivity index (χ4v) is 4.70. The number of benzene rings is 1. The molecule has 0 unspecified atom stereocenters. The summed E-state index contributed by atoms with van der Waals surface area (Å²) in [5.74, 6) is 6.51. The molecule has 0 saturated heterocycles. The van der Waals surface area contributed by atoms with Gasteiger partial charge in [-0.25, -0.2) is 4.98 Å². The van der Waals surface area contributed by atoms with Gasteiger partial charge < -0.3 is 15.4 Å². The molecule has 9 heteroatoms. The molecule has 0 spiro atoms. The summed E-state index contributed by atoms with van der Waals surface area (Å²) in [5.41, 5.74) is 11.5. The van der Waals surface area contributed by atoms with Crippen LogP contribution >= 0.6 is 11.6 Å². The summed E-state index contributed by atoms with van der Waals surface area (Å²) in [6.07, 6.45) is 7.24. The zero-order valence-electron chi connectivity index (χ0n) is 19.7. The number of carbonyl (C=O) groups is 1. The number of nitrogens with two attached hydrogens (primary N) is 1. The van der Waals surface area contributed by atoms with Gasteiger partial charge in [0.2, 0.25) is 0 Å². The Morgan fingerprint density at radius 2 is 2.00 bits per heavy atom. The van der Waals surface area contributed by atoms with E-state index in [0.717, 1.165) is 46.2 Å². The van der Waals surface area contributed by atoms with E-state index in [2.05, 4.69) is 26.9 Å². The van der Waals surface area contributed by atoms with E-state index >= 15 is 0 Å². The van der Waals surface area contributed by atoms with Crippen LogP contribution in [0.1, 0.15) is 51.1 Å². The number of anilines is 1. The van der Waals surface area contributed by atoms with Gasteiger partial charge in [-0.1, -0.05) is 23.4 Å². The minimum Gasteiger partial charge on any atom is -0.383 e. The van der Waals surface area contributed by atoms with Gasteiger partial charge in [0.25, 0.3) is 5.91 Å². The monoisotopic (exact) mass is 498 g/mol. The molecule has 3 aromatic heterocycles. The predicted molar refractivity (Wildman–Crippen MR) is 136 cm³/mol. The summed E-state index contributed by atoms with van der Waals surface area (Å²) in [6, 6.07) is 7.56. The number of hydrogen-bond acceptors (Lipinski definition) is 6. The van der Waals surface area contributed by atoms with Crippen LogP contribution in [-0.2, 0) is 31.5 Å². The van der Waals surface area contributed by atoms with E-state index in [4.69, 9.17) is 22.1 Å². The average Bonchev–Trinajstić information content (AvgIpc) is 3.42. The van der Waals surface area contributed by atoms with Gasteiger partial charge in [0.1, 0.15) is 5.82 Å². The lowest BCUT2D eigenvalue weighted by Gasteiger charge is -2.23. The quantitative estimate of drug-likeness (QED) is 0.429. The fourth-order valence-electron chi connectivity index (χ4n) is 4.46. The van der Waals surface area contributed by atoms with E-state index < -0.39 is 0 Å². The third-order valence-corrected chi connectivity index (χ3v) is 6.82. The fraction of sp³-hybridized carbons (Fsp3) is 0.259. The topological polar surface area (TPSA) is 99.2 Å². The lowest BCUT2D eigenvalue weighted by atomic mass is 10.0. The normalized spacial score (nSPS) is 14.4. The van der Waals surface area contributed by atoms with Crippen molar-refractivity contribution in [2.75, 3.05) is 5.73 Å². The van der Waals surface area contributed by atoms with Crippen molar-refractivity contribution in [2.24, 2.45) is 7.05 Å². The third kappa shape index (κ3) is 4.28. The summed E-state index contributed by atoms with van der Waals surface area (Å²) >= 11 is 6.58. The van der Waals surface area contributed by atoms with Crippen molar-refractivity contribution in [3.05, 3.63) is 81.4 Å². The molecule has 1 aliphatic carbocycles. The number of amides is 1. The molecule has 36 heavy (non-hydrogen) atoms. The number of carbonyl (C=O) groups excluding carboxylic acids is 1. The van der Waals surface area contributed by atoms with Crippen LogP contribution in [0.5, 0.6) is 0 Å². The van der Waals surface area contributed by atoms with Gasteiger partial charge in [-0.15, -0.1) is 0 Å². The molecule has 2 aliphatic rings. The maximum atomic E-state index is 13.7. The predicted octanol–water partition coefficient (Wildman–Crippen LogP) is 3.83. The lowest BCUT2D eigenvalue weighted by Crippen LogP contribution is -2.33. The van der Waals surface area contributed by atoms with E-state index in [1.807, 2.05) is 36.3 Å². The van der Waals surface area contributed by atoms with Crippen molar-refractivity contribution in [2.45, 2.75) is 38.6 Å². The van der Waals surface area contributed by atoms with E-state index in [-0.39, 0.29) is 11.9 Å². The Labute approximate surface area is 213 Å². The Bertz CT molecular complexity index is 1560.